The first kappa shape index (κ1) is 18.4. The van der Waals surface area contributed by atoms with E-state index >= 15 is 0 Å². The summed E-state index contributed by atoms with van der Waals surface area (Å²) in [6, 6.07) is 32.8. The highest BCUT2D eigenvalue weighted by atomic mass is 127. The Labute approximate surface area is 186 Å². The minimum Gasteiger partial charge on any atom is -0.356 e. The summed E-state index contributed by atoms with van der Waals surface area (Å²) in [4.78, 5) is 0. The SMILES string of the molecule is CC1(C)c2ccccc2-c2ccc(-c3ccc(Nc4ccc(I)cc4)cc3)cc21. The molecule has 0 unspecified atom stereocenters. The monoisotopic (exact) mass is 487 g/mol. The Hall–Kier alpha value is -2.59. The second-order valence-corrected chi connectivity index (χ2v) is 9.39. The Morgan fingerprint density at radius 1 is 0.621 bits per heavy atom. The fraction of sp³-hybridized carbons (Fsp3) is 0.111. The third-order valence-electron chi connectivity index (χ3n) is 5.93. The molecule has 0 saturated carbocycles. The van der Waals surface area contributed by atoms with Crippen molar-refractivity contribution in [2.75, 3.05) is 5.32 Å². The zero-order valence-corrected chi connectivity index (χ0v) is 18.7. The van der Waals surface area contributed by atoms with E-state index in [0.717, 1.165) is 11.4 Å². The van der Waals surface area contributed by atoms with Gasteiger partial charge in [-0.25, -0.2) is 0 Å². The number of benzene rings is 4. The van der Waals surface area contributed by atoms with Crippen LogP contribution >= 0.6 is 22.6 Å². The van der Waals surface area contributed by atoms with Crippen LogP contribution in [0.25, 0.3) is 22.3 Å². The van der Waals surface area contributed by atoms with Crippen LogP contribution in [0.2, 0.25) is 0 Å². The molecule has 0 fully saturated rings. The molecule has 142 valence electrons. The van der Waals surface area contributed by atoms with Crippen LogP contribution in [-0.4, -0.2) is 0 Å². The first-order valence-corrected chi connectivity index (χ1v) is 11.0. The quantitative estimate of drug-likeness (QED) is 0.289. The summed E-state index contributed by atoms with van der Waals surface area (Å²) in [5, 5.41) is 3.47. The molecule has 1 N–H and O–H groups in total. The van der Waals surface area contributed by atoms with E-state index in [0.29, 0.717) is 0 Å². The Kier molecular flexibility index (Phi) is 4.47. The highest BCUT2D eigenvalue weighted by molar-refractivity contribution is 14.1. The average Bonchev–Trinajstić information content (AvgIpc) is 2.97. The van der Waals surface area contributed by atoms with Crippen molar-refractivity contribution < 1.29 is 0 Å². The first-order chi connectivity index (χ1) is 14.0. The number of hydrogen-bond donors (Lipinski definition) is 1. The smallest absolute Gasteiger partial charge is 0.0384 e. The predicted molar refractivity (Wildman–Crippen MR) is 132 cm³/mol. The van der Waals surface area contributed by atoms with Crippen LogP contribution in [0.5, 0.6) is 0 Å². The van der Waals surface area contributed by atoms with Gasteiger partial charge in [0.2, 0.25) is 0 Å². The molecule has 1 aliphatic carbocycles. The molecule has 0 radical (unpaired) electrons. The van der Waals surface area contributed by atoms with E-state index in [1.165, 1.54) is 37.0 Å². The Bertz CT molecular complexity index is 1190. The normalized spacial score (nSPS) is 13.6. The lowest BCUT2D eigenvalue weighted by Crippen LogP contribution is -2.14. The number of halogens is 1. The number of anilines is 2. The fourth-order valence-electron chi connectivity index (χ4n) is 4.33. The molecule has 0 saturated heterocycles. The van der Waals surface area contributed by atoms with E-state index in [9.17, 15) is 0 Å². The summed E-state index contributed by atoms with van der Waals surface area (Å²) < 4.78 is 1.24. The highest BCUT2D eigenvalue weighted by Crippen LogP contribution is 2.49. The van der Waals surface area contributed by atoms with Crippen molar-refractivity contribution in [1.29, 1.82) is 0 Å². The molecule has 29 heavy (non-hydrogen) atoms. The summed E-state index contributed by atoms with van der Waals surface area (Å²) in [6.45, 7) is 4.66. The standard InChI is InChI=1S/C27H22IN/c1-27(2)25-6-4-3-5-23(25)24-16-9-19(17-26(24)27)18-7-12-21(13-8-18)29-22-14-10-20(28)11-15-22/h3-17,29H,1-2H3. The third-order valence-corrected chi connectivity index (χ3v) is 6.65. The molecule has 2 heteroatoms. The van der Waals surface area contributed by atoms with Crippen molar-refractivity contribution >= 4 is 34.0 Å². The van der Waals surface area contributed by atoms with Crippen molar-refractivity contribution in [3.63, 3.8) is 0 Å². The van der Waals surface area contributed by atoms with Gasteiger partial charge in [0.05, 0.1) is 0 Å². The maximum atomic E-state index is 3.47. The van der Waals surface area contributed by atoms with E-state index in [-0.39, 0.29) is 5.41 Å². The summed E-state index contributed by atoms with van der Waals surface area (Å²) in [6.07, 6.45) is 0. The molecule has 0 bridgehead atoms. The second kappa shape index (κ2) is 7.03. The topological polar surface area (TPSA) is 12.0 Å². The minimum absolute atomic E-state index is 0.0360. The van der Waals surface area contributed by atoms with Crippen LogP contribution in [0.1, 0.15) is 25.0 Å². The van der Waals surface area contributed by atoms with Gasteiger partial charge in [-0.1, -0.05) is 62.4 Å². The predicted octanol–water partition coefficient (Wildman–Crippen LogP) is 8.01. The van der Waals surface area contributed by atoms with Crippen LogP contribution in [0.4, 0.5) is 11.4 Å². The Morgan fingerprint density at radius 3 is 1.93 bits per heavy atom. The molecule has 4 aromatic rings. The lowest BCUT2D eigenvalue weighted by atomic mass is 9.81. The molecule has 0 aromatic heterocycles. The molecule has 5 rings (SSSR count). The molecule has 0 amide bonds. The number of rotatable bonds is 3. The van der Waals surface area contributed by atoms with Gasteiger partial charge in [0, 0.05) is 20.4 Å². The second-order valence-electron chi connectivity index (χ2n) is 8.14. The molecular formula is C27H22IN. The molecule has 0 aliphatic heterocycles. The molecule has 4 aromatic carbocycles. The van der Waals surface area contributed by atoms with Gasteiger partial charge in [-0.3, -0.25) is 0 Å². The van der Waals surface area contributed by atoms with Gasteiger partial charge < -0.3 is 5.32 Å². The molecule has 0 heterocycles. The van der Waals surface area contributed by atoms with E-state index in [4.69, 9.17) is 0 Å². The van der Waals surface area contributed by atoms with Gasteiger partial charge >= 0.3 is 0 Å². The fourth-order valence-corrected chi connectivity index (χ4v) is 4.69. The summed E-state index contributed by atoms with van der Waals surface area (Å²) in [7, 11) is 0. The summed E-state index contributed by atoms with van der Waals surface area (Å²) >= 11 is 2.33. The average molecular weight is 487 g/mol. The highest BCUT2D eigenvalue weighted by Gasteiger charge is 2.35. The summed E-state index contributed by atoms with van der Waals surface area (Å²) in [5.41, 5.74) is 10.3. The first-order valence-electron chi connectivity index (χ1n) is 9.90. The van der Waals surface area contributed by atoms with Crippen LogP contribution in [0, 0.1) is 3.57 Å². The van der Waals surface area contributed by atoms with Crippen molar-refractivity contribution in [3.8, 4) is 22.3 Å². The van der Waals surface area contributed by atoms with Crippen molar-refractivity contribution in [1.82, 2.24) is 0 Å². The van der Waals surface area contributed by atoms with Gasteiger partial charge in [0.25, 0.3) is 0 Å². The number of nitrogens with one attached hydrogen (secondary N) is 1. The van der Waals surface area contributed by atoms with Crippen molar-refractivity contribution in [3.05, 3.63) is 106 Å². The molecule has 1 aliphatic rings. The lowest BCUT2D eigenvalue weighted by Gasteiger charge is -2.22. The van der Waals surface area contributed by atoms with Gasteiger partial charge in [0.1, 0.15) is 0 Å². The molecule has 0 atom stereocenters. The van der Waals surface area contributed by atoms with Crippen LogP contribution in [0.15, 0.2) is 91.0 Å². The van der Waals surface area contributed by atoms with Gasteiger partial charge in [-0.2, -0.15) is 0 Å². The van der Waals surface area contributed by atoms with Crippen LogP contribution < -0.4 is 5.32 Å². The Balaban J connectivity index is 1.45. The zero-order chi connectivity index (χ0) is 20.0. The van der Waals surface area contributed by atoms with E-state index < -0.39 is 0 Å². The van der Waals surface area contributed by atoms with E-state index in [1.807, 2.05) is 0 Å². The number of fused-ring (bicyclic) bond motifs is 3. The van der Waals surface area contributed by atoms with Crippen LogP contribution in [-0.2, 0) is 5.41 Å². The molecule has 1 nitrogen and oxygen atoms in total. The van der Waals surface area contributed by atoms with Gasteiger partial charge in [0.15, 0.2) is 0 Å². The van der Waals surface area contributed by atoms with Crippen molar-refractivity contribution in [2.45, 2.75) is 19.3 Å². The van der Waals surface area contributed by atoms with Gasteiger partial charge in [-0.05, 0) is 98.4 Å². The lowest BCUT2D eigenvalue weighted by molar-refractivity contribution is 0.660. The van der Waals surface area contributed by atoms with Crippen molar-refractivity contribution in [2.24, 2.45) is 0 Å². The van der Waals surface area contributed by atoms with E-state index in [2.05, 4.69) is 133 Å². The molecular weight excluding hydrogens is 465 g/mol. The maximum absolute atomic E-state index is 3.47. The van der Waals surface area contributed by atoms with Gasteiger partial charge in [-0.15, -0.1) is 0 Å². The molecule has 0 spiro atoms. The number of hydrogen-bond acceptors (Lipinski definition) is 1. The van der Waals surface area contributed by atoms with Crippen LogP contribution in [0.3, 0.4) is 0 Å². The Morgan fingerprint density at radius 2 is 1.21 bits per heavy atom. The third kappa shape index (κ3) is 3.25. The zero-order valence-electron chi connectivity index (χ0n) is 16.5. The summed E-state index contributed by atoms with van der Waals surface area (Å²) in [5.74, 6) is 0. The minimum atomic E-state index is 0.0360. The largest absolute Gasteiger partial charge is 0.356 e. The maximum Gasteiger partial charge on any atom is 0.0384 e. The van der Waals surface area contributed by atoms with E-state index in [1.54, 1.807) is 0 Å².